The second-order valence-corrected chi connectivity index (χ2v) is 9.52. The molecule has 0 aliphatic rings. The first-order chi connectivity index (χ1) is 14.1. The molecule has 1 amide bonds. The summed E-state index contributed by atoms with van der Waals surface area (Å²) < 4.78 is 52.0. The highest BCUT2D eigenvalue weighted by Crippen LogP contribution is 2.28. The Morgan fingerprint density at radius 3 is 2.40 bits per heavy atom. The van der Waals surface area contributed by atoms with Gasteiger partial charge in [0.25, 0.3) is 0 Å². The number of rotatable bonds is 6. The van der Waals surface area contributed by atoms with Crippen LogP contribution in [0, 0.1) is 11.6 Å². The Hall–Kier alpha value is -2.63. The highest BCUT2D eigenvalue weighted by atomic mass is 35.5. The molecule has 30 heavy (non-hydrogen) atoms. The van der Waals surface area contributed by atoms with Crippen LogP contribution in [0.2, 0.25) is 5.02 Å². The van der Waals surface area contributed by atoms with Crippen molar-refractivity contribution in [1.82, 2.24) is 10.2 Å². The first kappa shape index (κ1) is 22.1. The van der Waals surface area contributed by atoms with Gasteiger partial charge in [0.1, 0.15) is 11.0 Å². The summed E-state index contributed by atoms with van der Waals surface area (Å²) in [4.78, 5) is 12.7. The summed E-state index contributed by atoms with van der Waals surface area (Å²) in [6, 6.07) is 8.16. The van der Waals surface area contributed by atoms with Crippen molar-refractivity contribution in [1.29, 1.82) is 0 Å². The predicted molar refractivity (Wildman–Crippen MR) is 112 cm³/mol. The highest BCUT2D eigenvalue weighted by Gasteiger charge is 2.30. The van der Waals surface area contributed by atoms with E-state index in [-0.39, 0.29) is 10.8 Å². The van der Waals surface area contributed by atoms with Crippen LogP contribution in [0.5, 0.6) is 0 Å². The zero-order chi connectivity index (χ0) is 22.1. The largest absolute Gasteiger partial charge is 0.299 e. The van der Waals surface area contributed by atoms with E-state index < -0.39 is 33.6 Å². The van der Waals surface area contributed by atoms with Crippen LogP contribution in [0.15, 0.2) is 42.5 Å². The Kier molecular flexibility index (Phi) is 6.34. The average molecular weight is 473 g/mol. The first-order valence-electron chi connectivity index (χ1n) is 8.41. The molecule has 0 radical (unpaired) electrons. The molecule has 0 aliphatic carbocycles. The van der Waals surface area contributed by atoms with Gasteiger partial charge in [0.05, 0.1) is 11.9 Å². The fourth-order valence-electron chi connectivity index (χ4n) is 2.62. The van der Waals surface area contributed by atoms with Crippen molar-refractivity contribution < 1.29 is 22.0 Å². The SMILES string of the molecule is C[C@H](C(=O)Nc1nnc(-c2ccc(Cl)cc2)s1)N(c1ccc(F)c(F)c1)S(C)(=O)=O. The molecule has 0 aliphatic heterocycles. The lowest BCUT2D eigenvalue weighted by molar-refractivity contribution is -0.116. The summed E-state index contributed by atoms with van der Waals surface area (Å²) in [6.07, 6.45) is 0.863. The van der Waals surface area contributed by atoms with Crippen LogP contribution in [0.4, 0.5) is 19.6 Å². The number of benzene rings is 2. The molecule has 0 saturated heterocycles. The third-order valence-electron chi connectivity index (χ3n) is 3.99. The van der Waals surface area contributed by atoms with E-state index in [0.717, 1.165) is 35.3 Å². The molecule has 12 heteroatoms. The molecule has 7 nitrogen and oxygen atoms in total. The Balaban J connectivity index is 1.82. The molecule has 1 heterocycles. The third kappa shape index (κ3) is 4.91. The van der Waals surface area contributed by atoms with Gasteiger partial charge in [0.15, 0.2) is 11.6 Å². The van der Waals surface area contributed by atoms with E-state index in [1.54, 1.807) is 24.3 Å². The van der Waals surface area contributed by atoms with Crippen LogP contribution in [0.1, 0.15) is 6.92 Å². The molecule has 3 aromatic rings. The van der Waals surface area contributed by atoms with Crippen molar-refractivity contribution >= 4 is 49.7 Å². The van der Waals surface area contributed by atoms with Gasteiger partial charge >= 0.3 is 0 Å². The smallest absolute Gasteiger partial charge is 0.249 e. The molecule has 2 aromatic carbocycles. The monoisotopic (exact) mass is 472 g/mol. The van der Waals surface area contributed by atoms with Crippen LogP contribution < -0.4 is 9.62 Å². The number of nitrogens with one attached hydrogen (secondary N) is 1. The Labute approximate surface area is 180 Å². The maximum absolute atomic E-state index is 13.6. The fraction of sp³-hybridized carbons (Fsp3) is 0.167. The van der Waals surface area contributed by atoms with Gasteiger partial charge in [-0.2, -0.15) is 0 Å². The molecular weight excluding hydrogens is 458 g/mol. The number of carbonyl (C=O) groups excluding carboxylic acids is 1. The van der Waals surface area contributed by atoms with Crippen molar-refractivity contribution in [2.45, 2.75) is 13.0 Å². The summed E-state index contributed by atoms with van der Waals surface area (Å²) in [5.74, 6) is -3.08. The minimum atomic E-state index is -3.99. The van der Waals surface area contributed by atoms with Crippen molar-refractivity contribution in [3.05, 3.63) is 59.1 Å². The van der Waals surface area contributed by atoms with E-state index >= 15 is 0 Å². The number of carbonyl (C=O) groups is 1. The molecule has 0 fully saturated rings. The van der Waals surface area contributed by atoms with Gasteiger partial charge in [-0.1, -0.05) is 35.1 Å². The lowest BCUT2D eigenvalue weighted by Gasteiger charge is -2.27. The molecule has 1 atom stereocenters. The standard InChI is InChI=1S/C18H15ClF2N4O3S2/c1-10(25(30(2,27)28)13-7-8-14(20)15(21)9-13)16(26)22-18-24-23-17(29-18)11-3-5-12(19)6-4-11/h3-10H,1-2H3,(H,22,24,26)/t10-/m1/s1. The normalized spacial score (nSPS) is 12.4. The molecule has 1 aromatic heterocycles. The molecule has 0 spiro atoms. The molecule has 0 unspecified atom stereocenters. The lowest BCUT2D eigenvalue weighted by Crippen LogP contribution is -2.45. The van der Waals surface area contributed by atoms with Crippen LogP contribution >= 0.6 is 22.9 Å². The van der Waals surface area contributed by atoms with E-state index in [2.05, 4.69) is 15.5 Å². The van der Waals surface area contributed by atoms with E-state index in [1.165, 1.54) is 6.92 Å². The zero-order valence-corrected chi connectivity index (χ0v) is 18.0. The summed E-state index contributed by atoms with van der Waals surface area (Å²) >= 11 is 6.94. The highest BCUT2D eigenvalue weighted by molar-refractivity contribution is 7.92. The summed E-state index contributed by atoms with van der Waals surface area (Å²) in [5, 5.41) is 11.6. The van der Waals surface area contributed by atoms with E-state index in [0.29, 0.717) is 20.4 Å². The Morgan fingerprint density at radius 2 is 1.80 bits per heavy atom. The number of sulfonamides is 1. The maximum atomic E-state index is 13.6. The molecule has 0 bridgehead atoms. The topological polar surface area (TPSA) is 92.3 Å². The minimum Gasteiger partial charge on any atom is -0.299 e. The molecular formula is C18H15ClF2N4O3S2. The Bertz CT molecular complexity index is 1190. The van der Waals surface area contributed by atoms with Gasteiger partial charge in [-0.3, -0.25) is 14.4 Å². The van der Waals surface area contributed by atoms with E-state index in [9.17, 15) is 22.0 Å². The van der Waals surface area contributed by atoms with Crippen LogP contribution in [0.3, 0.4) is 0 Å². The predicted octanol–water partition coefficient (Wildman–Crippen LogP) is 3.93. The third-order valence-corrected chi connectivity index (χ3v) is 6.37. The quantitative estimate of drug-likeness (QED) is 0.586. The van der Waals surface area contributed by atoms with Crippen molar-refractivity contribution in [3.8, 4) is 10.6 Å². The van der Waals surface area contributed by atoms with E-state index in [1.807, 2.05) is 0 Å². The second-order valence-electron chi connectivity index (χ2n) is 6.24. The molecule has 0 saturated carbocycles. The van der Waals surface area contributed by atoms with Gasteiger partial charge in [0, 0.05) is 16.7 Å². The molecule has 158 valence electrons. The number of hydrogen-bond acceptors (Lipinski definition) is 6. The van der Waals surface area contributed by atoms with Gasteiger partial charge in [-0.15, -0.1) is 10.2 Å². The molecule has 1 N–H and O–H groups in total. The number of amides is 1. The van der Waals surface area contributed by atoms with Crippen LogP contribution in [-0.2, 0) is 14.8 Å². The van der Waals surface area contributed by atoms with E-state index in [4.69, 9.17) is 11.6 Å². The van der Waals surface area contributed by atoms with Gasteiger partial charge in [-0.25, -0.2) is 17.2 Å². The number of aromatic nitrogens is 2. The van der Waals surface area contributed by atoms with Gasteiger partial charge < -0.3 is 0 Å². The average Bonchev–Trinajstić information content (AvgIpc) is 3.12. The Morgan fingerprint density at radius 1 is 1.13 bits per heavy atom. The van der Waals surface area contributed by atoms with Crippen LogP contribution in [0.25, 0.3) is 10.6 Å². The van der Waals surface area contributed by atoms with Crippen molar-refractivity contribution in [2.75, 3.05) is 15.9 Å². The number of halogens is 3. The van der Waals surface area contributed by atoms with Crippen molar-refractivity contribution in [2.24, 2.45) is 0 Å². The fourth-order valence-corrected chi connectivity index (χ4v) is 4.67. The summed E-state index contributed by atoms with van der Waals surface area (Å²) in [5.41, 5.74) is 0.558. The maximum Gasteiger partial charge on any atom is 0.249 e. The lowest BCUT2D eigenvalue weighted by atomic mass is 10.2. The summed E-state index contributed by atoms with van der Waals surface area (Å²) in [7, 11) is -3.99. The molecule has 3 rings (SSSR count). The first-order valence-corrected chi connectivity index (χ1v) is 11.5. The van der Waals surface area contributed by atoms with Crippen LogP contribution in [-0.4, -0.2) is 36.8 Å². The zero-order valence-electron chi connectivity index (χ0n) is 15.6. The second kappa shape index (κ2) is 8.62. The number of hydrogen-bond donors (Lipinski definition) is 1. The number of nitrogens with zero attached hydrogens (tertiary/aromatic N) is 3. The minimum absolute atomic E-state index is 0.149. The van der Waals surface area contributed by atoms with Gasteiger partial charge in [0.2, 0.25) is 21.1 Å². The number of anilines is 2. The van der Waals surface area contributed by atoms with Crippen molar-refractivity contribution in [3.63, 3.8) is 0 Å². The van der Waals surface area contributed by atoms with Gasteiger partial charge in [-0.05, 0) is 31.2 Å². The summed E-state index contributed by atoms with van der Waals surface area (Å²) in [6.45, 7) is 1.32.